The van der Waals surface area contributed by atoms with Gasteiger partial charge in [-0.15, -0.1) is 0 Å². The number of β-amino-alcohol motifs (C(OH)–C–C–N with tert-alkyl or cyclic N) is 1. The van der Waals surface area contributed by atoms with Crippen LogP contribution in [0.2, 0.25) is 0 Å². The van der Waals surface area contributed by atoms with Crippen LogP contribution in [-0.2, 0) is 14.9 Å². The topological polar surface area (TPSA) is 95.9 Å². The van der Waals surface area contributed by atoms with Gasteiger partial charge in [0.15, 0.2) is 0 Å². The number of aliphatic hydroxyl groups is 1. The van der Waals surface area contributed by atoms with Crippen LogP contribution < -0.4 is 4.72 Å². The molecule has 1 amide bonds. The molecule has 7 nitrogen and oxygen atoms in total. The number of hydrogen-bond acceptors (Lipinski definition) is 5. The summed E-state index contributed by atoms with van der Waals surface area (Å²) < 4.78 is 31.2. The molecule has 1 aliphatic heterocycles. The van der Waals surface area contributed by atoms with E-state index in [-0.39, 0.29) is 19.0 Å². The zero-order valence-corrected chi connectivity index (χ0v) is 11.6. The predicted molar refractivity (Wildman–Crippen MR) is 65.0 cm³/mol. The molecule has 18 heavy (non-hydrogen) atoms. The van der Waals surface area contributed by atoms with Crippen LogP contribution in [0.25, 0.3) is 0 Å². The van der Waals surface area contributed by atoms with Crippen molar-refractivity contribution in [3.05, 3.63) is 0 Å². The third-order valence-electron chi connectivity index (χ3n) is 2.78. The molecule has 0 bridgehead atoms. The van der Waals surface area contributed by atoms with Gasteiger partial charge in [0, 0.05) is 13.1 Å². The Labute approximate surface area is 107 Å². The van der Waals surface area contributed by atoms with Crippen LogP contribution in [0.1, 0.15) is 27.2 Å². The van der Waals surface area contributed by atoms with Gasteiger partial charge in [-0.25, -0.2) is 9.52 Å². The first-order chi connectivity index (χ1) is 8.22. The second kappa shape index (κ2) is 5.85. The number of aliphatic hydroxyl groups excluding tert-OH is 1. The molecule has 0 aromatic rings. The summed E-state index contributed by atoms with van der Waals surface area (Å²) in [5.41, 5.74) is 0. The summed E-state index contributed by atoms with van der Waals surface area (Å²) in [7, 11) is -3.94. The molecular weight excluding hydrogens is 260 g/mol. The van der Waals surface area contributed by atoms with Crippen LogP contribution in [0.3, 0.4) is 0 Å². The molecule has 8 heteroatoms. The van der Waals surface area contributed by atoms with E-state index in [9.17, 15) is 18.3 Å². The van der Waals surface area contributed by atoms with Crippen molar-refractivity contribution in [3.63, 3.8) is 0 Å². The second-order valence-electron chi connectivity index (χ2n) is 4.75. The van der Waals surface area contributed by atoms with Gasteiger partial charge in [-0.2, -0.15) is 12.7 Å². The number of hydrogen-bond donors (Lipinski definition) is 2. The van der Waals surface area contributed by atoms with Crippen molar-refractivity contribution < 1.29 is 23.1 Å². The minimum Gasteiger partial charge on any atom is -0.446 e. The van der Waals surface area contributed by atoms with E-state index >= 15 is 0 Å². The van der Waals surface area contributed by atoms with E-state index in [1.54, 1.807) is 13.8 Å². The number of carbonyl (C=O) groups excluding carboxylic acids is 1. The first kappa shape index (κ1) is 15.2. The molecule has 1 fully saturated rings. The number of carbonyl (C=O) groups is 1. The number of nitrogens with zero attached hydrogens (tertiary/aromatic N) is 1. The fraction of sp³-hybridized carbons (Fsp3) is 0.900. The fourth-order valence-corrected chi connectivity index (χ4v) is 2.73. The van der Waals surface area contributed by atoms with Crippen molar-refractivity contribution in [1.29, 1.82) is 0 Å². The highest BCUT2D eigenvalue weighted by atomic mass is 32.2. The lowest BCUT2D eigenvalue weighted by molar-refractivity contribution is 0.0596. The highest BCUT2D eigenvalue weighted by molar-refractivity contribution is 7.87. The molecule has 1 rings (SSSR count). The molecule has 1 saturated heterocycles. The molecule has 106 valence electrons. The Kier molecular flexibility index (Phi) is 4.94. The maximum Gasteiger partial charge on any atom is 0.422 e. The second-order valence-corrected chi connectivity index (χ2v) is 6.42. The Balaban J connectivity index is 2.61. The van der Waals surface area contributed by atoms with Gasteiger partial charge in [-0.3, -0.25) is 0 Å². The third-order valence-corrected chi connectivity index (χ3v) is 4.21. The molecular formula is C10H20N2O5S. The van der Waals surface area contributed by atoms with E-state index in [0.29, 0.717) is 6.42 Å². The molecule has 2 atom stereocenters. The predicted octanol–water partition coefficient (Wildman–Crippen LogP) is 0.0685. The normalized spacial score (nSPS) is 26.1. The number of nitrogens with one attached hydrogen (secondary N) is 1. The van der Waals surface area contributed by atoms with Crippen LogP contribution in [0.15, 0.2) is 0 Å². The van der Waals surface area contributed by atoms with E-state index < -0.39 is 28.5 Å². The fourth-order valence-electron chi connectivity index (χ4n) is 1.65. The minimum atomic E-state index is -3.94. The van der Waals surface area contributed by atoms with E-state index in [1.807, 2.05) is 11.6 Å². The maximum atomic E-state index is 11.8. The molecule has 0 saturated carbocycles. The van der Waals surface area contributed by atoms with Crippen LogP contribution in [0.5, 0.6) is 0 Å². The zero-order valence-electron chi connectivity index (χ0n) is 10.8. The zero-order chi connectivity index (χ0) is 13.9. The highest BCUT2D eigenvalue weighted by Crippen LogP contribution is 2.18. The molecule has 0 aliphatic carbocycles. The summed E-state index contributed by atoms with van der Waals surface area (Å²) in [6.07, 6.45) is -1.55. The van der Waals surface area contributed by atoms with Gasteiger partial charge in [-0.1, -0.05) is 6.92 Å². The molecule has 0 spiro atoms. The summed E-state index contributed by atoms with van der Waals surface area (Å²) in [6.45, 7) is 5.38. The van der Waals surface area contributed by atoms with Gasteiger partial charge >= 0.3 is 16.3 Å². The summed E-state index contributed by atoms with van der Waals surface area (Å²) in [5.74, 6) is 0.0547. The molecule has 0 radical (unpaired) electrons. The van der Waals surface area contributed by atoms with Crippen molar-refractivity contribution in [2.75, 3.05) is 13.1 Å². The lowest BCUT2D eigenvalue weighted by atomic mass is 9.98. The summed E-state index contributed by atoms with van der Waals surface area (Å²) in [4.78, 5) is 11.3. The summed E-state index contributed by atoms with van der Waals surface area (Å²) in [5, 5.41) is 9.64. The molecule has 2 unspecified atom stereocenters. The van der Waals surface area contributed by atoms with Gasteiger partial charge in [0.1, 0.15) is 0 Å². The quantitative estimate of drug-likeness (QED) is 0.762. The van der Waals surface area contributed by atoms with E-state index in [0.717, 1.165) is 4.31 Å². The van der Waals surface area contributed by atoms with E-state index in [2.05, 4.69) is 0 Å². The summed E-state index contributed by atoms with van der Waals surface area (Å²) >= 11 is 0. The monoisotopic (exact) mass is 280 g/mol. The Morgan fingerprint density at radius 2 is 2.11 bits per heavy atom. The maximum absolute atomic E-state index is 11.8. The number of amides is 1. The van der Waals surface area contributed by atoms with Gasteiger partial charge in [-0.05, 0) is 26.2 Å². The van der Waals surface area contributed by atoms with Crippen molar-refractivity contribution >= 4 is 16.3 Å². The van der Waals surface area contributed by atoms with Crippen LogP contribution >= 0.6 is 0 Å². The minimum absolute atomic E-state index is 0.00847. The number of piperidine rings is 1. The Bertz CT molecular complexity index is 395. The van der Waals surface area contributed by atoms with Crippen molar-refractivity contribution in [3.8, 4) is 0 Å². The Morgan fingerprint density at radius 1 is 1.50 bits per heavy atom. The molecule has 1 aliphatic rings. The van der Waals surface area contributed by atoms with Crippen LogP contribution in [0, 0.1) is 5.92 Å². The summed E-state index contributed by atoms with van der Waals surface area (Å²) in [6, 6.07) is 0. The SMILES string of the molecule is CC(C)OC(=O)NS(=O)(=O)N1CCC(C)C(O)C1. The van der Waals surface area contributed by atoms with Crippen LogP contribution in [0.4, 0.5) is 4.79 Å². The number of ether oxygens (including phenoxy) is 1. The lowest BCUT2D eigenvalue weighted by Crippen LogP contribution is -2.51. The lowest BCUT2D eigenvalue weighted by Gasteiger charge is -2.33. The number of rotatable bonds is 3. The first-order valence-electron chi connectivity index (χ1n) is 5.89. The molecule has 0 aromatic carbocycles. The highest BCUT2D eigenvalue weighted by Gasteiger charge is 2.33. The van der Waals surface area contributed by atoms with Gasteiger partial charge in [0.05, 0.1) is 12.2 Å². The first-order valence-corrected chi connectivity index (χ1v) is 7.33. The van der Waals surface area contributed by atoms with Gasteiger partial charge in [0.2, 0.25) is 0 Å². The molecule has 2 N–H and O–H groups in total. The molecule has 0 aromatic heterocycles. The third kappa shape index (κ3) is 4.11. The van der Waals surface area contributed by atoms with Crippen molar-refractivity contribution in [1.82, 2.24) is 9.03 Å². The van der Waals surface area contributed by atoms with Gasteiger partial charge in [0.25, 0.3) is 0 Å². The Morgan fingerprint density at radius 3 is 2.61 bits per heavy atom. The average molecular weight is 280 g/mol. The smallest absolute Gasteiger partial charge is 0.422 e. The standard InChI is InChI=1S/C10H20N2O5S/c1-7(2)17-10(14)11-18(15,16)12-5-4-8(3)9(13)6-12/h7-9,13H,4-6H2,1-3H3,(H,11,14). The average Bonchev–Trinajstić information content (AvgIpc) is 2.19. The van der Waals surface area contributed by atoms with Gasteiger partial charge < -0.3 is 9.84 Å². The van der Waals surface area contributed by atoms with Crippen molar-refractivity contribution in [2.24, 2.45) is 5.92 Å². The largest absolute Gasteiger partial charge is 0.446 e. The van der Waals surface area contributed by atoms with E-state index in [1.165, 1.54) is 0 Å². The van der Waals surface area contributed by atoms with Crippen molar-refractivity contribution in [2.45, 2.75) is 39.4 Å². The molecule has 1 heterocycles. The van der Waals surface area contributed by atoms with Crippen LogP contribution in [-0.4, -0.2) is 49.2 Å². The van der Waals surface area contributed by atoms with E-state index in [4.69, 9.17) is 4.74 Å². The Hall–Kier alpha value is -0.860.